The Hall–Kier alpha value is -0.490. The van der Waals surface area contributed by atoms with Crippen molar-refractivity contribution < 1.29 is 4.79 Å². The van der Waals surface area contributed by atoms with Crippen molar-refractivity contribution in [2.75, 3.05) is 0 Å². The molecule has 0 atom stereocenters. The van der Waals surface area contributed by atoms with Crippen LogP contribution >= 0.6 is 15.9 Å². The van der Waals surface area contributed by atoms with E-state index in [1.807, 2.05) is 0 Å². The Kier molecular flexibility index (Phi) is 3.16. The minimum atomic E-state index is -0.173. The van der Waals surface area contributed by atoms with Crippen molar-refractivity contribution in [1.29, 1.82) is 0 Å². The van der Waals surface area contributed by atoms with Gasteiger partial charge in [-0.05, 0) is 30.5 Å². The van der Waals surface area contributed by atoms with Crippen molar-refractivity contribution >= 4 is 21.8 Å². The van der Waals surface area contributed by atoms with Crippen molar-refractivity contribution in [2.45, 2.75) is 38.1 Å². The van der Waals surface area contributed by atoms with E-state index < -0.39 is 0 Å². The third kappa shape index (κ3) is 2.01. The molecular weight excluding hydrogens is 218 g/mol. The molecule has 1 rings (SSSR count). The number of rotatable bonds is 2. The fourth-order valence-electron chi connectivity index (χ4n) is 1.49. The first-order valence-corrected chi connectivity index (χ1v) is 4.95. The molecule has 0 aromatic heterocycles. The molecule has 0 unspecified atom stereocenters. The standard InChI is InChI=1S/C9H12BrNO/c1-2-9(5-3-6-9)11-8(12)4-7-10/h2-3,5-6H2,1H3,(H,11,12). The molecule has 66 valence electrons. The van der Waals surface area contributed by atoms with Crippen LogP contribution in [0.2, 0.25) is 0 Å². The van der Waals surface area contributed by atoms with E-state index in [4.69, 9.17) is 0 Å². The number of halogens is 1. The lowest BCUT2D eigenvalue weighted by atomic mass is 9.75. The Labute approximate surface area is 81.2 Å². The van der Waals surface area contributed by atoms with E-state index in [9.17, 15) is 4.79 Å². The van der Waals surface area contributed by atoms with Crippen molar-refractivity contribution in [3.8, 4) is 10.8 Å². The topological polar surface area (TPSA) is 29.1 Å². The van der Waals surface area contributed by atoms with Gasteiger partial charge >= 0.3 is 0 Å². The maximum atomic E-state index is 11.1. The molecule has 1 fully saturated rings. The van der Waals surface area contributed by atoms with E-state index in [2.05, 4.69) is 38.9 Å². The molecule has 0 aliphatic heterocycles. The van der Waals surface area contributed by atoms with Gasteiger partial charge in [0.1, 0.15) is 0 Å². The maximum absolute atomic E-state index is 11.1. The highest BCUT2D eigenvalue weighted by atomic mass is 79.9. The van der Waals surface area contributed by atoms with Crippen molar-refractivity contribution in [1.82, 2.24) is 5.32 Å². The Morgan fingerprint density at radius 1 is 1.67 bits per heavy atom. The number of carbonyl (C=O) groups is 1. The zero-order valence-corrected chi connectivity index (χ0v) is 8.70. The lowest BCUT2D eigenvalue weighted by Crippen LogP contribution is -2.52. The third-order valence-electron chi connectivity index (χ3n) is 2.53. The second-order valence-corrected chi connectivity index (χ2v) is 3.56. The third-order valence-corrected chi connectivity index (χ3v) is 2.73. The summed E-state index contributed by atoms with van der Waals surface area (Å²) in [5.41, 5.74) is 0.0634. The van der Waals surface area contributed by atoms with Crippen LogP contribution in [0.25, 0.3) is 0 Å². The van der Waals surface area contributed by atoms with Gasteiger partial charge < -0.3 is 5.32 Å². The molecule has 0 aromatic carbocycles. The number of amides is 1. The van der Waals surface area contributed by atoms with Crippen LogP contribution in [0, 0.1) is 10.8 Å². The monoisotopic (exact) mass is 229 g/mol. The van der Waals surface area contributed by atoms with Gasteiger partial charge in [-0.1, -0.05) is 6.92 Å². The van der Waals surface area contributed by atoms with Gasteiger partial charge in [-0.3, -0.25) is 4.79 Å². The van der Waals surface area contributed by atoms with Crippen LogP contribution in [0.3, 0.4) is 0 Å². The predicted molar refractivity (Wildman–Crippen MR) is 51.7 cm³/mol. The molecule has 1 N–H and O–H groups in total. The van der Waals surface area contributed by atoms with Crippen molar-refractivity contribution in [2.24, 2.45) is 0 Å². The van der Waals surface area contributed by atoms with Crippen LogP contribution in [-0.2, 0) is 4.79 Å². The smallest absolute Gasteiger partial charge is 0.297 e. The molecule has 1 aliphatic rings. The molecule has 1 saturated carbocycles. The van der Waals surface area contributed by atoms with E-state index >= 15 is 0 Å². The maximum Gasteiger partial charge on any atom is 0.297 e. The minimum Gasteiger partial charge on any atom is -0.340 e. The summed E-state index contributed by atoms with van der Waals surface area (Å²) < 4.78 is 0. The van der Waals surface area contributed by atoms with Gasteiger partial charge in [-0.25, -0.2) is 0 Å². The SMILES string of the molecule is CCC1(NC(=O)C#CBr)CCC1. The number of nitrogens with one attached hydrogen (secondary N) is 1. The number of carbonyl (C=O) groups excluding carboxylic acids is 1. The quantitative estimate of drug-likeness (QED) is 0.720. The molecule has 1 amide bonds. The summed E-state index contributed by atoms with van der Waals surface area (Å²) in [5.74, 6) is 2.25. The van der Waals surface area contributed by atoms with E-state index in [0.717, 1.165) is 19.3 Å². The highest BCUT2D eigenvalue weighted by Gasteiger charge is 2.35. The fourth-order valence-corrected chi connectivity index (χ4v) is 1.67. The summed E-state index contributed by atoms with van der Waals surface area (Å²) in [5, 5.41) is 2.94. The zero-order chi connectivity index (χ0) is 9.03. The average Bonchev–Trinajstić information content (AvgIpc) is 1.97. The van der Waals surface area contributed by atoms with Crippen LogP contribution in [0.5, 0.6) is 0 Å². The molecule has 1 aliphatic carbocycles. The fraction of sp³-hybridized carbons (Fsp3) is 0.667. The number of hydrogen-bond donors (Lipinski definition) is 1. The van der Waals surface area contributed by atoms with E-state index in [-0.39, 0.29) is 11.4 Å². The zero-order valence-electron chi connectivity index (χ0n) is 7.11. The van der Waals surface area contributed by atoms with Gasteiger partial charge in [0.25, 0.3) is 5.91 Å². The Morgan fingerprint density at radius 3 is 2.67 bits per heavy atom. The highest BCUT2D eigenvalue weighted by molar-refractivity contribution is 9.12. The van der Waals surface area contributed by atoms with Gasteiger partial charge in [-0.2, -0.15) is 0 Å². The summed E-state index contributed by atoms with van der Waals surface area (Å²) in [6, 6.07) is 0. The highest BCUT2D eigenvalue weighted by Crippen LogP contribution is 2.34. The lowest BCUT2D eigenvalue weighted by molar-refractivity contribution is -0.118. The van der Waals surface area contributed by atoms with Crippen LogP contribution < -0.4 is 5.32 Å². The van der Waals surface area contributed by atoms with E-state index in [1.54, 1.807) is 0 Å². The van der Waals surface area contributed by atoms with Gasteiger partial charge in [0.2, 0.25) is 0 Å². The molecule has 0 spiro atoms. The van der Waals surface area contributed by atoms with Crippen LogP contribution in [0.15, 0.2) is 0 Å². The molecular formula is C9H12BrNO. The molecule has 3 heteroatoms. The second-order valence-electron chi connectivity index (χ2n) is 3.16. The van der Waals surface area contributed by atoms with Gasteiger partial charge in [0.05, 0.1) is 0 Å². The van der Waals surface area contributed by atoms with E-state index in [0.29, 0.717) is 0 Å². The Balaban J connectivity index is 2.46. The summed E-state index contributed by atoms with van der Waals surface area (Å²) >= 11 is 2.90. The summed E-state index contributed by atoms with van der Waals surface area (Å²) in [6.45, 7) is 2.10. The van der Waals surface area contributed by atoms with Gasteiger partial charge in [-0.15, -0.1) is 0 Å². The first-order valence-electron chi connectivity index (χ1n) is 4.16. The van der Waals surface area contributed by atoms with Gasteiger partial charge in [0.15, 0.2) is 0 Å². The van der Waals surface area contributed by atoms with Crippen molar-refractivity contribution in [3.05, 3.63) is 0 Å². The minimum absolute atomic E-state index is 0.0634. The van der Waals surface area contributed by atoms with Crippen LogP contribution in [0.1, 0.15) is 32.6 Å². The van der Waals surface area contributed by atoms with Gasteiger partial charge in [0, 0.05) is 27.4 Å². The molecule has 12 heavy (non-hydrogen) atoms. The largest absolute Gasteiger partial charge is 0.340 e. The molecule has 0 heterocycles. The Morgan fingerprint density at radius 2 is 2.33 bits per heavy atom. The summed E-state index contributed by atoms with van der Waals surface area (Å²) in [4.78, 5) is 13.5. The summed E-state index contributed by atoms with van der Waals surface area (Å²) in [7, 11) is 0. The van der Waals surface area contributed by atoms with E-state index in [1.165, 1.54) is 6.42 Å². The lowest BCUT2D eigenvalue weighted by Gasteiger charge is -2.41. The molecule has 0 bridgehead atoms. The predicted octanol–water partition coefficient (Wildman–Crippen LogP) is 1.79. The first kappa shape index (κ1) is 9.60. The first-order chi connectivity index (χ1) is 5.72. The normalized spacial score (nSPS) is 18.5. The van der Waals surface area contributed by atoms with Crippen molar-refractivity contribution in [3.63, 3.8) is 0 Å². The Bertz CT molecular complexity index is 229. The average molecular weight is 230 g/mol. The molecule has 0 aromatic rings. The molecule has 0 saturated heterocycles. The molecule has 2 nitrogen and oxygen atoms in total. The number of hydrogen-bond acceptors (Lipinski definition) is 1. The van der Waals surface area contributed by atoms with Crippen LogP contribution in [0.4, 0.5) is 0 Å². The van der Waals surface area contributed by atoms with Crippen LogP contribution in [-0.4, -0.2) is 11.4 Å². The molecule has 0 radical (unpaired) electrons. The summed E-state index contributed by atoms with van der Waals surface area (Å²) in [6.07, 6.45) is 4.41. The second kappa shape index (κ2) is 3.95.